The van der Waals surface area contributed by atoms with Gasteiger partial charge < -0.3 is 10.4 Å². The molecule has 0 radical (unpaired) electrons. The highest BCUT2D eigenvalue weighted by atomic mass is 16.3. The minimum atomic E-state index is 0.343. The first-order chi connectivity index (χ1) is 9.21. The average molecular weight is 263 g/mol. The highest BCUT2D eigenvalue weighted by Crippen LogP contribution is 2.20. The Bertz CT molecular complexity index is 362. The van der Waals surface area contributed by atoms with Gasteiger partial charge >= 0.3 is 0 Å². The number of rotatable bonds is 9. The van der Waals surface area contributed by atoms with Crippen LogP contribution in [0.3, 0.4) is 0 Å². The Hall–Kier alpha value is -1.02. The monoisotopic (exact) mass is 263 g/mol. The highest BCUT2D eigenvalue weighted by molar-refractivity contribution is 5.47. The molecule has 0 heterocycles. The van der Waals surface area contributed by atoms with E-state index in [9.17, 15) is 5.11 Å². The molecule has 0 saturated heterocycles. The fourth-order valence-corrected chi connectivity index (χ4v) is 2.50. The SMILES string of the molecule is CCCCC(CO)CCCc1cc(NC)ccc1C. The van der Waals surface area contributed by atoms with Crippen LogP contribution in [0.15, 0.2) is 18.2 Å². The summed E-state index contributed by atoms with van der Waals surface area (Å²) in [6, 6.07) is 6.55. The number of aryl methyl sites for hydroxylation is 2. The van der Waals surface area contributed by atoms with E-state index < -0.39 is 0 Å². The second-order valence-electron chi connectivity index (χ2n) is 5.47. The maximum absolute atomic E-state index is 9.38. The molecule has 1 aromatic carbocycles. The van der Waals surface area contributed by atoms with E-state index in [4.69, 9.17) is 0 Å². The summed E-state index contributed by atoms with van der Waals surface area (Å²) in [6.45, 7) is 4.73. The summed E-state index contributed by atoms with van der Waals surface area (Å²) in [4.78, 5) is 0. The maximum atomic E-state index is 9.38. The third-order valence-electron chi connectivity index (χ3n) is 3.92. The number of unbranched alkanes of at least 4 members (excludes halogenated alkanes) is 1. The molecule has 2 N–H and O–H groups in total. The van der Waals surface area contributed by atoms with Crippen LogP contribution in [0.25, 0.3) is 0 Å². The molecule has 0 spiro atoms. The van der Waals surface area contributed by atoms with Gasteiger partial charge in [0.1, 0.15) is 0 Å². The van der Waals surface area contributed by atoms with E-state index in [2.05, 4.69) is 37.4 Å². The lowest BCUT2D eigenvalue weighted by atomic mass is 9.94. The Kier molecular flexibility index (Phi) is 7.57. The van der Waals surface area contributed by atoms with E-state index in [1.54, 1.807) is 0 Å². The summed E-state index contributed by atoms with van der Waals surface area (Å²) in [5.41, 5.74) is 3.98. The molecule has 2 heteroatoms. The first kappa shape index (κ1) is 16.0. The number of aliphatic hydroxyl groups excluding tert-OH is 1. The van der Waals surface area contributed by atoms with Crippen molar-refractivity contribution >= 4 is 5.69 Å². The lowest BCUT2D eigenvalue weighted by molar-refractivity contribution is 0.206. The molecule has 2 nitrogen and oxygen atoms in total. The van der Waals surface area contributed by atoms with Crippen molar-refractivity contribution in [3.8, 4) is 0 Å². The van der Waals surface area contributed by atoms with Crippen molar-refractivity contribution in [1.29, 1.82) is 0 Å². The van der Waals surface area contributed by atoms with Crippen LogP contribution in [-0.2, 0) is 6.42 Å². The predicted octanol–water partition coefficient (Wildman–Crippen LogP) is 4.16. The van der Waals surface area contributed by atoms with Gasteiger partial charge in [0.15, 0.2) is 0 Å². The topological polar surface area (TPSA) is 32.3 Å². The van der Waals surface area contributed by atoms with Crippen molar-refractivity contribution in [1.82, 2.24) is 0 Å². The van der Waals surface area contributed by atoms with Gasteiger partial charge in [0.05, 0.1) is 0 Å². The van der Waals surface area contributed by atoms with E-state index in [0.29, 0.717) is 12.5 Å². The van der Waals surface area contributed by atoms with E-state index in [1.807, 2.05) is 7.05 Å². The van der Waals surface area contributed by atoms with Crippen molar-refractivity contribution in [2.75, 3.05) is 19.0 Å². The molecule has 0 aliphatic heterocycles. The van der Waals surface area contributed by atoms with Gasteiger partial charge in [-0.05, 0) is 61.8 Å². The molecule has 0 aromatic heterocycles. The minimum Gasteiger partial charge on any atom is -0.396 e. The van der Waals surface area contributed by atoms with Crippen LogP contribution in [0, 0.1) is 12.8 Å². The summed E-state index contributed by atoms with van der Waals surface area (Å²) in [7, 11) is 1.96. The molecule has 108 valence electrons. The molecule has 1 rings (SSSR count). The van der Waals surface area contributed by atoms with Crippen LogP contribution in [0.5, 0.6) is 0 Å². The first-order valence-corrected chi connectivity index (χ1v) is 7.59. The van der Waals surface area contributed by atoms with Crippen molar-refractivity contribution in [2.24, 2.45) is 5.92 Å². The summed E-state index contributed by atoms with van der Waals surface area (Å²) in [5.74, 6) is 0.493. The second kappa shape index (κ2) is 8.98. The van der Waals surface area contributed by atoms with Crippen molar-refractivity contribution in [2.45, 2.75) is 52.4 Å². The van der Waals surface area contributed by atoms with Gasteiger partial charge in [0, 0.05) is 19.3 Å². The molecule has 0 bridgehead atoms. The van der Waals surface area contributed by atoms with Crippen molar-refractivity contribution < 1.29 is 5.11 Å². The summed E-state index contributed by atoms with van der Waals surface area (Å²) in [6.07, 6.45) is 7.05. The van der Waals surface area contributed by atoms with Gasteiger partial charge in [-0.2, -0.15) is 0 Å². The molecule has 1 aromatic rings. The van der Waals surface area contributed by atoms with Crippen LogP contribution in [0.1, 0.15) is 50.2 Å². The number of hydrogen-bond donors (Lipinski definition) is 2. The number of benzene rings is 1. The Labute approximate surface area is 118 Å². The fraction of sp³-hybridized carbons (Fsp3) is 0.647. The largest absolute Gasteiger partial charge is 0.396 e. The molecular weight excluding hydrogens is 234 g/mol. The lowest BCUT2D eigenvalue weighted by Crippen LogP contribution is -2.06. The van der Waals surface area contributed by atoms with Crippen LogP contribution in [0.4, 0.5) is 5.69 Å². The number of anilines is 1. The molecule has 0 aliphatic rings. The predicted molar refractivity (Wildman–Crippen MR) is 83.8 cm³/mol. The lowest BCUT2D eigenvalue weighted by Gasteiger charge is -2.14. The second-order valence-corrected chi connectivity index (χ2v) is 5.47. The third kappa shape index (κ3) is 5.65. The molecule has 0 saturated carbocycles. The Morgan fingerprint density at radius 1 is 1.21 bits per heavy atom. The Morgan fingerprint density at radius 3 is 2.58 bits per heavy atom. The minimum absolute atomic E-state index is 0.343. The molecule has 0 fully saturated rings. The standard InChI is InChI=1S/C17H29NO/c1-4-5-7-15(13-19)8-6-9-16-12-17(18-3)11-10-14(16)2/h10-12,15,18-19H,4-9,13H2,1-3H3. The molecule has 1 unspecified atom stereocenters. The zero-order chi connectivity index (χ0) is 14.1. The van der Waals surface area contributed by atoms with Crippen molar-refractivity contribution in [3.63, 3.8) is 0 Å². The Balaban J connectivity index is 2.43. The molecule has 0 amide bonds. The van der Waals surface area contributed by atoms with Crippen LogP contribution < -0.4 is 5.32 Å². The van der Waals surface area contributed by atoms with Gasteiger partial charge in [-0.1, -0.05) is 25.8 Å². The van der Waals surface area contributed by atoms with Gasteiger partial charge in [-0.15, -0.1) is 0 Å². The summed E-state index contributed by atoms with van der Waals surface area (Å²) in [5, 5.41) is 12.6. The zero-order valence-corrected chi connectivity index (χ0v) is 12.7. The van der Waals surface area contributed by atoms with Gasteiger partial charge in [0.2, 0.25) is 0 Å². The van der Waals surface area contributed by atoms with E-state index >= 15 is 0 Å². The number of nitrogens with one attached hydrogen (secondary N) is 1. The van der Waals surface area contributed by atoms with Crippen LogP contribution >= 0.6 is 0 Å². The molecular formula is C17H29NO. The highest BCUT2D eigenvalue weighted by Gasteiger charge is 2.07. The van der Waals surface area contributed by atoms with E-state index in [0.717, 1.165) is 12.8 Å². The fourth-order valence-electron chi connectivity index (χ4n) is 2.50. The Morgan fingerprint density at radius 2 is 1.95 bits per heavy atom. The first-order valence-electron chi connectivity index (χ1n) is 7.59. The van der Waals surface area contributed by atoms with Crippen LogP contribution in [-0.4, -0.2) is 18.8 Å². The van der Waals surface area contributed by atoms with Gasteiger partial charge in [-0.3, -0.25) is 0 Å². The van der Waals surface area contributed by atoms with E-state index in [-0.39, 0.29) is 0 Å². The molecule has 19 heavy (non-hydrogen) atoms. The molecule has 0 aliphatic carbocycles. The average Bonchev–Trinajstić information content (AvgIpc) is 2.44. The number of aliphatic hydroxyl groups is 1. The van der Waals surface area contributed by atoms with Gasteiger partial charge in [-0.25, -0.2) is 0 Å². The normalized spacial score (nSPS) is 12.4. The van der Waals surface area contributed by atoms with Crippen molar-refractivity contribution in [3.05, 3.63) is 29.3 Å². The summed E-state index contributed by atoms with van der Waals surface area (Å²) >= 11 is 0. The maximum Gasteiger partial charge on any atom is 0.0459 e. The summed E-state index contributed by atoms with van der Waals surface area (Å²) < 4.78 is 0. The molecule has 1 atom stereocenters. The smallest absolute Gasteiger partial charge is 0.0459 e. The zero-order valence-electron chi connectivity index (χ0n) is 12.7. The van der Waals surface area contributed by atoms with Crippen LogP contribution in [0.2, 0.25) is 0 Å². The third-order valence-corrected chi connectivity index (χ3v) is 3.92. The van der Waals surface area contributed by atoms with E-state index in [1.165, 1.54) is 42.5 Å². The number of hydrogen-bond acceptors (Lipinski definition) is 2. The van der Waals surface area contributed by atoms with Gasteiger partial charge in [0.25, 0.3) is 0 Å². The quantitative estimate of drug-likeness (QED) is 0.701.